The van der Waals surface area contributed by atoms with Crippen LogP contribution in [0.15, 0.2) is 46.9 Å². The number of aliphatic carboxylic acids is 1. The molecule has 1 aromatic heterocycles. The third kappa shape index (κ3) is 2.50. The van der Waals surface area contributed by atoms with Gasteiger partial charge in [0.2, 0.25) is 0 Å². The average Bonchev–Trinajstić information content (AvgIpc) is 2.86. The van der Waals surface area contributed by atoms with Crippen LogP contribution in [0, 0.1) is 0 Å². The quantitative estimate of drug-likeness (QED) is 0.731. The maximum atomic E-state index is 12.5. The number of fused-ring (bicyclic) bond motifs is 3. The average molecular weight is 304 g/mol. The molecule has 0 aliphatic heterocycles. The van der Waals surface area contributed by atoms with Crippen molar-refractivity contribution >= 4 is 34.0 Å². The smallest absolute Gasteiger partial charge is 0.387 e. The summed E-state index contributed by atoms with van der Waals surface area (Å²) in [5.41, 5.74) is 1.21. The van der Waals surface area contributed by atoms with Gasteiger partial charge in [-0.3, -0.25) is 0 Å². The molecule has 0 saturated carbocycles. The van der Waals surface area contributed by atoms with E-state index in [1.807, 2.05) is 0 Å². The molecule has 0 saturated heterocycles. The second-order valence-electron chi connectivity index (χ2n) is 4.51. The zero-order valence-electron chi connectivity index (χ0n) is 11.1. The molecule has 0 unspecified atom stereocenters. The van der Waals surface area contributed by atoms with E-state index in [2.05, 4.69) is 4.74 Å². The van der Waals surface area contributed by atoms with Crippen molar-refractivity contribution in [1.29, 1.82) is 0 Å². The van der Waals surface area contributed by atoms with E-state index >= 15 is 0 Å². The van der Waals surface area contributed by atoms with Crippen molar-refractivity contribution in [3.8, 4) is 5.75 Å². The summed E-state index contributed by atoms with van der Waals surface area (Å²) in [7, 11) is 0. The Bertz CT molecular complexity index is 880. The Morgan fingerprint density at radius 2 is 2.00 bits per heavy atom. The molecule has 0 atom stereocenters. The summed E-state index contributed by atoms with van der Waals surface area (Å²) >= 11 is 0. The highest BCUT2D eigenvalue weighted by Crippen LogP contribution is 2.38. The van der Waals surface area contributed by atoms with Crippen molar-refractivity contribution < 1.29 is 27.8 Å². The van der Waals surface area contributed by atoms with E-state index in [-0.39, 0.29) is 11.3 Å². The van der Waals surface area contributed by atoms with E-state index < -0.39 is 12.6 Å². The number of ether oxygens (including phenoxy) is 1. The van der Waals surface area contributed by atoms with Gasteiger partial charge in [-0.1, -0.05) is 24.3 Å². The van der Waals surface area contributed by atoms with Gasteiger partial charge in [-0.05, 0) is 23.8 Å². The highest BCUT2D eigenvalue weighted by molar-refractivity contribution is 6.11. The van der Waals surface area contributed by atoms with Gasteiger partial charge < -0.3 is 14.3 Å². The Balaban J connectivity index is 2.31. The van der Waals surface area contributed by atoms with Gasteiger partial charge in [0, 0.05) is 16.8 Å². The van der Waals surface area contributed by atoms with Gasteiger partial charge in [0.15, 0.2) is 11.3 Å². The maximum Gasteiger partial charge on any atom is 0.387 e. The summed E-state index contributed by atoms with van der Waals surface area (Å²) in [6.45, 7) is -2.98. The summed E-state index contributed by atoms with van der Waals surface area (Å²) < 4.78 is 35.1. The lowest BCUT2D eigenvalue weighted by Gasteiger charge is -2.06. The first-order valence-electron chi connectivity index (χ1n) is 6.36. The Morgan fingerprint density at radius 3 is 2.73 bits per heavy atom. The SMILES string of the molecule is O=C(O)/C=C/c1ccc(OC(F)F)c2oc3ccccc3c12. The Hall–Kier alpha value is -2.89. The molecule has 0 aliphatic rings. The van der Waals surface area contributed by atoms with Gasteiger partial charge >= 0.3 is 12.6 Å². The zero-order chi connectivity index (χ0) is 15.7. The molecule has 0 radical (unpaired) electrons. The van der Waals surface area contributed by atoms with Gasteiger partial charge in [0.1, 0.15) is 5.58 Å². The summed E-state index contributed by atoms with van der Waals surface area (Å²) in [6.07, 6.45) is 2.36. The number of benzene rings is 2. The molecule has 1 N–H and O–H groups in total. The van der Waals surface area contributed by atoms with Crippen LogP contribution in [-0.2, 0) is 4.79 Å². The normalized spacial score (nSPS) is 11.8. The molecule has 0 fully saturated rings. The molecule has 22 heavy (non-hydrogen) atoms. The maximum absolute atomic E-state index is 12.5. The summed E-state index contributed by atoms with van der Waals surface area (Å²) in [4.78, 5) is 10.7. The van der Waals surface area contributed by atoms with Crippen molar-refractivity contribution in [2.45, 2.75) is 6.61 Å². The van der Waals surface area contributed by atoms with Crippen molar-refractivity contribution in [3.05, 3.63) is 48.0 Å². The van der Waals surface area contributed by atoms with Gasteiger partial charge in [-0.15, -0.1) is 0 Å². The van der Waals surface area contributed by atoms with Crippen LogP contribution >= 0.6 is 0 Å². The fraction of sp³-hybridized carbons (Fsp3) is 0.0625. The van der Waals surface area contributed by atoms with Gasteiger partial charge in [-0.25, -0.2) is 4.79 Å². The molecular formula is C16H10F2O4. The minimum absolute atomic E-state index is 0.0892. The molecule has 1 heterocycles. The second kappa shape index (κ2) is 5.48. The number of halogens is 2. The third-order valence-electron chi connectivity index (χ3n) is 3.14. The topological polar surface area (TPSA) is 59.7 Å². The Labute approximate surface area is 123 Å². The first-order chi connectivity index (χ1) is 10.6. The fourth-order valence-electron chi connectivity index (χ4n) is 2.32. The third-order valence-corrected chi connectivity index (χ3v) is 3.14. The van der Waals surface area contributed by atoms with Crippen molar-refractivity contribution in [3.63, 3.8) is 0 Å². The molecule has 3 rings (SSSR count). The highest BCUT2D eigenvalue weighted by atomic mass is 19.3. The number of hydrogen-bond acceptors (Lipinski definition) is 3. The molecular weight excluding hydrogens is 294 g/mol. The largest absolute Gasteiger partial charge is 0.478 e. The monoisotopic (exact) mass is 304 g/mol. The number of carboxylic acids is 1. The predicted molar refractivity (Wildman–Crippen MR) is 77.0 cm³/mol. The van der Waals surface area contributed by atoms with Gasteiger partial charge in [0.25, 0.3) is 0 Å². The number of hydrogen-bond donors (Lipinski definition) is 1. The van der Waals surface area contributed by atoms with Crippen LogP contribution in [0.5, 0.6) is 5.75 Å². The molecule has 3 aromatic rings. The van der Waals surface area contributed by atoms with Crippen LogP contribution in [0.25, 0.3) is 28.0 Å². The van der Waals surface area contributed by atoms with Gasteiger partial charge in [-0.2, -0.15) is 8.78 Å². The van der Waals surface area contributed by atoms with Crippen molar-refractivity contribution in [1.82, 2.24) is 0 Å². The lowest BCUT2D eigenvalue weighted by molar-refractivity contribution is -0.131. The molecule has 0 bridgehead atoms. The summed E-state index contributed by atoms with van der Waals surface area (Å²) in [5.74, 6) is -1.19. The lowest BCUT2D eigenvalue weighted by atomic mass is 10.1. The number of carbonyl (C=O) groups is 1. The molecule has 2 aromatic carbocycles. The molecule has 0 amide bonds. The molecule has 4 nitrogen and oxygen atoms in total. The Morgan fingerprint density at radius 1 is 1.23 bits per heavy atom. The minimum Gasteiger partial charge on any atom is -0.478 e. The van der Waals surface area contributed by atoms with Crippen molar-refractivity contribution in [2.24, 2.45) is 0 Å². The Kier molecular flexibility index (Phi) is 3.50. The van der Waals surface area contributed by atoms with Crippen LogP contribution in [0.3, 0.4) is 0 Å². The number of para-hydroxylation sites is 1. The minimum atomic E-state index is -2.98. The molecule has 6 heteroatoms. The van der Waals surface area contributed by atoms with E-state index in [1.54, 1.807) is 24.3 Å². The van der Waals surface area contributed by atoms with E-state index in [9.17, 15) is 13.6 Å². The summed E-state index contributed by atoms with van der Waals surface area (Å²) in [5, 5.41) is 9.98. The standard InChI is InChI=1S/C16H10F2O4/c17-16(18)22-12-7-5-9(6-8-13(19)20)14-10-3-1-2-4-11(10)21-15(12)14/h1-8,16H,(H,19,20)/b8-6+. The molecule has 0 aliphatic carbocycles. The lowest BCUT2D eigenvalue weighted by Crippen LogP contribution is -2.02. The number of furan rings is 1. The first-order valence-corrected chi connectivity index (χ1v) is 6.36. The van der Waals surface area contributed by atoms with Crippen LogP contribution in [0.2, 0.25) is 0 Å². The number of carboxylic acid groups (broad SMARTS) is 1. The second-order valence-corrected chi connectivity index (χ2v) is 4.51. The predicted octanol–water partition coefficient (Wildman–Crippen LogP) is 4.29. The zero-order valence-corrected chi connectivity index (χ0v) is 11.1. The van der Waals surface area contributed by atoms with E-state index in [4.69, 9.17) is 9.52 Å². The van der Waals surface area contributed by atoms with Crippen molar-refractivity contribution in [2.75, 3.05) is 0 Å². The molecule has 112 valence electrons. The summed E-state index contributed by atoms with van der Waals surface area (Å²) in [6, 6.07) is 9.85. The van der Waals surface area contributed by atoms with Gasteiger partial charge in [0.05, 0.1) is 0 Å². The first kappa shape index (κ1) is 14.1. The molecule has 0 spiro atoms. The fourth-order valence-corrected chi connectivity index (χ4v) is 2.32. The van der Waals surface area contributed by atoms with E-state index in [0.29, 0.717) is 21.9 Å². The highest BCUT2D eigenvalue weighted by Gasteiger charge is 2.17. The van der Waals surface area contributed by atoms with Crippen LogP contribution in [0.4, 0.5) is 8.78 Å². The van der Waals surface area contributed by atoms with E-state index in [0.717, 1.165) is 6.08 Å². The number of rotatable bonds is 4. The van der Waals surface area contributed by atoms with Crippen LogP contribution < -0.4 is 4.74 Å². The van der Waals surface area contributed by atoms with E-state index in [1.165, 1.54) is 18.2 Å². The van der Waals surface area contributed by atoms with Crippen LogP contribution in [-0.4, -0.2) is 17.7 Å². The number of alkyl halides is 2. The van der Waals surface area contributed by atoms with Crippen LogP contribution in [0.1, 0.15) is 5.56 Å².